The first kappa shape index (κ1) is 18.6. The lowest BCUT2D eigenvalue weighted by molar-refractivity contribution is 0.103. The molecule has 30 heavy (non-hydrogen) atoms. The maximum Gasteiger partial charge on any atom is 0.261 e. The first-order chi connectivity index (χ1) is 14.7. The largest absolute Gasteiger partial charge is 0.341 e. The van der Waals surface area contributed by atoms with Crippen molar-refractivity contribution >= 4 is 44.3 Å². The van der Waals surface area contributed by atoms with Crippen LogP contribution in [0, 0.1) is 13.8 Å². The van der Waals surface area contributed by atoms with Crippen LogP contribution in [0.3, 0.4) is 0 Å². The Kier molecular flexibility index (Phi) is 4.64. The summed E-state index contributed by atoms with van der Waals surface area (Å²) in [4.78, 5) is 31.8. The van der Waals surface area contributed by atoms with Crippen molar-refractivity contribution < 1.29 is 14.6 Å². The normalized spacial score (nSPS) is 12.0. The molecule has 0 spiro atoms. The highest BCUT2D eigenvalue weighted by molar-refractivity contribution is 7.92. The van der Waals surface area contributed by atoms with Gasteiger partial charge >= 0.3 is 0 Å². The Balaban J connectivity index is 1.80. The summed E-state index contributed by atoms with van der Waals surface area (Å²) in [5.41, 5.74) is 1.28. The second-order valence-electron chi connectivity index (χ2n) is 6.53. The number of aromatic nitrogens is 5. The number of hydrogen-bond acceptors (Lipinski definition) is 7. The maximum absolute atomic E-state index is 13.2. The molecule has 3 heterocycles. The van der Waals surface area contributed by atoms with E-state index < -0.39 is 22.1 Å². The van der Waals surface area contributed by atoms with Crippen molar-refractivity contribution in [2.24, 2.45) is 0 Å². The molecule has 0 unspecified atom stereocenters. The van der Waals surface area contributed by atoms with Gasteiger partial charge in [-0.3, -0.25) is 14.5 Å². The average Bonchev–Trinajstić information content (AvgIpc) is 3.17. The Morgan fingerprint density at radius 1 is 1.13 bits per heavy atom. The van der Waals surface area contributed by atoms with Gasteiger partial charge in [-0.15, -0.1) is 0 Å². The van der Waals surface area contributed by atoms with E-state index in [9.17, 15) is 13.2 Å². The van der Waals surface area contributed by atoms with Crippen LogP contribution in [0.15, 0.2) is 48.0 Å². The lowest BCUT2D eigenvalue weighted by atomic mass is 10.1. The minimum atomic E-state index is -4.04. The van der Waals surface area contributed by atoms with Crippen molar-refractivity contribution in [3.8, 4) is 0 Å². The molecule has 9 nitrogen and oxygen atoms in total. The van der Waals surface area contributed by atoms with Crippen molar-refractivity contribution in [2.45, 2.75) is 18.7 Å². The predicted molar refractivity (Wildman–Crippen MR) is 111 cm³/mol. The third-order valence-corrected chi connectivity index (χ3v) is 6.10. The Bertz CT molecular complexity index is 1450. The van der Waals surface area contributed by atoms with Gasteiger partial charge in [0.15, 0.2) is 5.65 Å². The van der Waals surface area contributed by atoms with E-state index in [4.69, 9.17) is 13.0 Å². The minimum Gasteiger partial charge on any atom is -0.341 e. The lowest BCUT2D eigenvalue weighted by Crippen LogP contribution is -2.18. The van der Waals surface area contributed by atoms with E-state index in [-0.39, 0.29) is 33.1 Å². The van der Waals surface area contributed by atoms with Crippen LogP contribution >= 0.6 is 11.6 Å². The fraction of sp³-hybridized carbons (Fsp3) is 0.105. The molecule has 0 bridgehead atoms. The van der Waals surface area contributed by atoms with Gasteiger partial charge in [0, 0.05) is 11.2 Å². The summed E-state index contributed by atoms with van der Waals surface area (Å²) >= 11 is 5.99. The predicted octanol–water partition coefficient (Wildman–Crippen LogP) is 3.05. The van der Waals surface area contributed by atoms with Gasteiger partial charge in [-0.1, -0.05) is 11.6 Å². The molecule has 0 aliphatic carbocycles. The van der Waals surface area contributed by atoms with Gasteiger partial charge in [-0.2, -0.15) is 0 Å². The molecule has 0 radical (unpaired) electrons. The van der Waals surface area contributed by atoms with E-state index in [0.717, 1.165) is 0 Å². The summed E-state index contributed by atoms with van der Waals surface area (Å²) < 4.78 is 36.0. The van der Waals surface area contributed by atoms with Crippen LogP contribution < -0.4 is 4.72 Å². The van der Waals surface area contributed by atoms with Gasteiger partial charge in [-0.25, -0.2) is 23.4 Å². The van der Waals surface area contributed by atoms with Crippen LogP contribution in [0.1, 0.15) is 28.7 Å². The molecule has 0 aliphatic rings. The minimum absolute atomic E-state index is 0.0132. The summed E-state index contributed by atoms with van der Waals surface area (Å²) in [6.45, 7) is 3.40. The number of fused-ring (bicyclic) bond motifs is 1. The number of sulfonamides is 1. The molecule has 3 aromatic heterocycles. The number of aryl methyl sites for hydroxylation is 2. The van der Waals surface area contributed by atoms with E-state index in [1.54, 1.807) is 13.8 Å². The number of aromatic amines is 1. The average molecular weight is 444 g/mol. The molecule has 0 atom stereocenters. The van der Waals surface area contributed by atoms with Crippen LogP contribution in [-0.4, -0.2) is 39.1 Å². The quantitative estimate of drug-likeness (QED) is 0.453. The Morgan fingerprint density at radius 3 is 2.70 bits per heavy atom. The zero-order valence-electron chi connectivity index (χ0n) is 16.8. The smallest absolute Gasteiger partial charge is 0.261 e. The molecule has 4 aromatic rings. The van der Waals surface area contributed by atoms with Crippen molar-refractivity contribution in [3.05, 3.63) is 70.6 Å². The number of halogens is 1. The van der Waals surface area contributed by atoms with E-state index >= 15 is 0 Å². The van der Waals surface area contributed by atoms with Crippen molar-refractivity contribution in [1.82, 2.24) is 24.9 Å². The van der Waals surface area contributed by atoms with E-state index in [0.29, 0.717) is 16.1 Å². The van der Waals surface area contributed by atoms with Crippen LogP contribution in [0.5, 0.6) is 0 Å². The lowest BCUT2D eigenvalue weighted by Gasteiger charge is -2.13. The number of carbonyl (C=O) groups is 1. The number of hydrogen-bond donors (Lipinski definition) is 2. The summed E-state index contributed by atoms with van der Waals surface area (Å²) in [6.07, 6.45) is 2.36. The van der Waals surface area contributed by atoms with Gasteiger partial charge < -0.3 is 4.98 Å². The highest BCUT2D eigenvalue weighted by atomic mass is 35.5. The number of carbonyl (C=O) groups excluding carboxylic acids is 1. The first-order valence-corrected chi connectivity index (χ1v) is 10.5. The molecular formula is C19H15ClN6O3S. The molecule has 1 aromatic carbocycles. The molecule has 0 saturated carbocycles. The van der Waals surface area contributed by atoms with Crippen LogP contribution in [0.2, 0.25) is 5.02 Å². The molecule has 11 heteroatoms. The zero-order valence-corrected chi connectivity index (χ0v) is 17.3. The fourth-order valence-corrected chi connectivity index (χ4v) is 4.08. The third-order valence-electron chi connectivity index (χ3n) is 4.31. The summed E-state index contributed by atoms with van der Waals surface area (Å²) in [6, 6.07) is 5.78. The standard InChI is InChI=1S/C19H15ClN6O3S/c1-10-5-14(26-30(28,29)12-3-4-13(20)11(2)6-12)15(21-7-10)18(27)16-17-19(24-8-22-16)25-9-23-17/h3-9,26H,1-2H3,(H,22,23,24,25)/i8D. The van der Waals surface area contributed by atoms with Crippen LogP contribution in [-0.2, 0) is 10.0 Å². The highest BCUT2D eigenvalue weighted by Crippen LogP contribution is 2.25. The van der Waals surface area contributed by atoms with Crippen molar-refractivity contribution in [3.63, 3.8) is 0 Å². The SMILES string of the molecule is [2H]c1nc(C(=O)c2ncc(C)cc2NS(=O)(=O)c2ccc(Cl)c(C)c2)c2[nH]cnc2n1. The zero-order chi connectivity index (χ0) is 22.3. The maximum atomic E-state index is 13.2. The Labute approximate surface area is 178 Å². The Hall–Kier alpha value is -3.37. The Morgan fingerprint density at radius 2 is 1.93 bits per heavy atom. The number of pyridine rings is 1. The number of anilines is 1. The number of imidazole rings is 1. The summed E-state index contributed by atoms with van der Waals surface area (Å²) in [5.74, 6) is -0.685. The highest BCUT2D eigenvalue weighted by Gasteiger charge is 2.24. The number of nitrogens with zero attached hydrogens (tertiary/aromatic N) is 4. The van der Waals surface area contributed by atoms with Gasteiger partial charge in [0.25, 0.3) is 10.0 Å². The molecule has 0 aliphatic heterocycles. The van der Waals surface area contributed by atoms with Gasteiger partial charge in [-0.05, 0) is 49.2 Å². The monoisotopic (exact) mass is 443 g/mol. The topological polar surface area (TPSA) is 131 Å². The molecule has 0 saturated heterocycles. The summed E-state index contributed by atoms with van der Waals surface area (Å²) in [5, 5.41) is 0.436. The number of benzene rings is 1. The number of rotatable bonds is 5. The van der Waals surface area contributed by atoms with Crippen molar-refractivity contribution in [1.29, 1.82) is 0 Å². The molecule has 4 rings (SSSR count). The van der Waals surface area contributed by atoms with Gasteiger partial charge in [0.2, 0.25) is 5.78 Å². The second-order valence-corrected chi connectivity index (χ2v) is 8.62. The van der Waals surface area contributed by atoms with Crippen LogP contribution in [0.4, 0.5) is 5.69 Å². The van der Waals surface area contributed by atoms with Gasteiger partial charge in [0.05, 0.1) is 16.9 Å². The van der Waals surface area contributed by atoms with E-state index in [1.807, 2.05) is 0 Å². The van der Waals surface area contributed by atoms with Crippen LogP contribution in [0.25, 0.3) is 11.2 Å². The summed E-state index contributed by atoms with van der Waals surface area (Å²) in [7, 11) is -4.04. The molecule has 0 amide bonds. The van der Waals surface area contributed by atoms with Crippen molar-refractivity contribution in [2.75, 3.05) is 4.72 Å². The molecule has 2 N–H and O–H groups in total. The molecular weight excluding hydrogens is 428 g/mol. The second kappa shape index (κ2) is 7.47. The number of nitrogens with one attached hydrogen (secondary N) is 2. The van der Waals surface area contributed by atoms with Gasteiger partial charge in [0.1, 0.15) is 24.6 Å². The number of H-pyrrole nitrogens is 1. The molecule has 0 fully saturated rings. The van der Waals surface area contributed by atoms with E-state index in [1.165, 1.54) is 36.8 Å². The van der Waals surface area contributed by atoms with E-state index in [2.05, 4.69) is 29.6 Å². The number of ketones is 1. The first-order valence-electron chi connectivity index (χ1n) is 9.14. The fourth-order valence-electron chi connectivity index (χ4n) is 2.82. The third kappa shape index (κ3) is 3.62. The molecule has 152 valence electrons.